The topological polar surface area (TPSA) is 132 Å². The monoisotopic (exact) mass is 327 g/mol. The third kappa shape index (κ3) is 5.33. The van der Waals surface area contributed by atoms with Crippen molar-refractivity contribution in [2.45, 2.75) is 11.3 Å². The molecule has 19 heavy (non-hydrogen) atoms. The fourth-order valence-electron chi connectivity index (χ4n) is 1.25. The zero-order chi connectivity index (χ0) is 14.7. The molecule has 0 saturated carbocycles. The van der Waals surface area contributed by atoms with Gasteiger partial charge in [-0.3, -0.25) is 0 Å². The summed E-state index contributed by atoms with van der Waals surface area (Å²) in [5.41, 5.74) is 5.66. The molecular formula is C9H14ClN3O4S2. The fraction of sp³-hybridized carbons (Fsp3) is 0.333. The summed E-state index contributed by atoms with van der Waals surface area (Å²) in [6, 6.07) is 3.90. The normalized spacial score (nSPS) is 12.5. The van der Waals surface area contributed by atoms with Crippen molar-refractivity contribution in [1.82, 2.24) is 4.72 Å². The molecule has 1 rings (SSSR count). The van der Waals surface area contributed by atoms with Crippen molar-refractivity contribution in [1.29, 1.82) is 0 Å². The van der Waals surface area contributed by atoms with Crippen LogP contribution >= 0.6 is 11.6 Å². The van der Waals surface area contributed by atoms with Gasteiger partial charge in [0.1, 0.15) is 0 Å². The van der Waals surface area contributed by atoms with Gasteiger partial charge in [-0.05, 0) is 24.6 Å². The highest BCUT2D eigenvalue weighted by Gasteiger charge is 2.15. The molecule has 0 radical (unpaired) electrons. The Balaban J connectivity index is 2.68. The summed E-state index contributed by atoms with van der Waals surface area (Å²) in [5.74, 6) is -0.293. The standard InChI is InChI=1S/C9H14ClN3O4S2/c10-8-3-2-7(6-9(8)11)19(16,17)13-4-1-5-18(12,14)15/h2-3,6,13H,1,4-5,11H2,(H2,12,14,15). The maximum atomic E-state index is 11.8. The number of hydrogen-bond donors (Lipinski definition) is 3. The lowest BCUT2D eigenvalue weighted by molar-refractivity contribution is 0.576. The number of nitrogen functional groups attached to an aromatic ring is 1. The Morgan fingerprint density at radius 2 is 1.84 bits per heavy atom. The van der Waals surface area contributed by atoms with E-state index >= 15 is 0 Å². The van der Waals surface area contributed by atoms with E-state index < -0.39 is 20.0 Å². The first-order valence-corrected chi connectivity index (χ1v) is 8.75. The van der Waals surface area contributed by atoms with Crippen molar-refractivity contribution in [2.75, 3.05) is 18.0 Å². The van der Waals surface area contributed by atoms with E-state index in [1.54, 1.807) is 0 Å². The molecule has 0 unspecified atom stereocenters. The number of halogens is 1. The zero-order valence-corrected chi connectivity index (χ0v) is 12.2. The average molecular weight is 328 g/mol. The molecule has 5 N–H and O–H groups in total. The van der Waals surface area contributed by atoms with Gasteiger partial charge in [0.05, 0.1) is 21.4 Å². The van der Waals surface area contributed by atoms with E-state index in [0.29, 0.717) is 0 Å². The van der Waals surface area contributed by atoms with Crippen molar-refractivity contribution < 1.29 is 16.8 Å². The van der Waals surface area contributed by atoms with Crippen LogP contribution in [0.1, 0.15) is 6.42 Å². The van der Waals surface area contributed by atoms with E-state index in [1.807, 2.05) is 0 Å². The van der Waals surface area contributed by atoms with E-state index in [4.69, 9.17) is 22.5 Å². The Hall–Kier alpha value is -0.870. The minimum atomic E-state index is -3.74. The number of nitrogens with one attached hydrogen (secondary N) is 1. The van der Waals surface area contributed by atoms with Crippen LogP contribution in [0.15, 0.2) is 23.1 Å². The lowest BCUT2D eigenvalue weighted by atomic mass is 10.3. The summed E-state index contributed by atoms with van der Waals surface area (Å²) in [4.78, 5) is -0.0370. The quantitative estimate of drug-likeness (QED) is 0.495. The van der Waals surface area contributed by atoms with E-state index in [9.17, 15) is 16.8 Å². The second-order valence-electron chi connectivity index (χ2n) is 3.80. The van der Waals surface area contributed by atoms with Crippen LogP contribution in [0, 0.1) is 0 Å². The number of anilines is 1. The van der Waals surface area contributed by atoms with Crippen molar-refractivity contribution in [3.05, 3.63) is 23.2 Å². The van der Waals surface area contributed by atoms with Crippen LogP contribution in [0.2, 0.25) is 5.02 Å². The molecule has 0 saturated heterocycles. The molecule has 0 aliphatic carbocycles. The van der Waals surface area contributed by atoms with Gasteiger partial charge < -0.3 is 5.73 Å². The summed E-state index contributed by atoms with van der Waals surface area (Å²) in [7, 11) is -7.33. The van der Waals surface area contributed by atoms with E-state index in [-0.39, 0.29) is 34.3 Å². The third-order valence-electron chi connectivity index (χ3n) is 2.18. The van der Waals surface area contributed by atoms with Gasteiger partial charge in [0.25, 0.3) is 0 Å². The summed E-state index contributed by atoms with van der Waals surface area (Å²) in [6.45, 7) is -0.0404. The predicted molar refractivity (Wildman–Crippen MR) is 73.6 cm³/mol. The molecule has 0 amide bonds. The highest BCUT2D eigenvalue weighted by molar-refractivity contribution is 7.89. The van der Waals surface area contributed by atoms with Gasteiger partial charge in [0, 0.05) is 6.54 Å². The molecule has 0 heterocycles. The Morgan fingerprint density at radius 1 is 1.21 bits per heavy atom. The first kappa shape index (κ1) is 16.2. The third-order valence-corrected chi connectivity index (χ3v) is 4.84. The average Bonchev–Trinajstić information content (AvgIpc) is 2.27. The number of rotatable bonds is 6. The molecule has 0 spiro atoms. The second-order valence-corrected chi connectivity index (χ2v) is 7.71. The van der Waals surface area contributed by atoms with Crippen molar-refractivity contribution >= 4 is 37.3 Å². The molecule has 108 valence electrons. The molecular weight excluding hydrogens is 314 g/mol. The van der Waals surface area contributed by atoms with Crippen LogP contribution in [-0.2, 0) is 20.0 Å². The smallest absolute Gasteiger partial charge is 0.240 e. The number of benzene rings is 1. The predicted octanol–water partition coefficient (Wildman–Crippen LogP) is -0.121. The van der Waals surface area contributed by atoms with Crippen LogP contribution in [0.3, 0.4) is 0 Å². The molecule has 1 aromatic rings. The van der Waals surface area contributed by atoms with Crippen LogP contribution in [0.4, 0.5) is 5.69 Å². The first-order chi connectivity index (χ1) is 8.62. The molecule has 0 bridgehead atoms. The van der Waals surface area contributed by atoms with Gasteiger partial charge in [0.15, 0.2) is 0 Å². The lowest BCUT2D eigenvalue weighted by Crippen LogP contribution is -2.27. The second kappa shape index (κ2) is 6.06. The maximum absolute atomic E-state index is 11.8. The molecule has 7 nitrogen and oxygen atoms in total. The molecule has 0 aliphatic heterocycles. The van der Waals surface area contributed by atoms with Crippen molar-refractivity contribution in [3.8, 4) is 0 Å². The van der Waals surface area contributed by atoms with Crippen LogP contribution < -0.4 is 15.6 Å². The maximum Gasteiger partial charge on any atom is 0.240 e. The first-order valence-electron chi connectivity index (χ1n) is 5.17. The highest BCUT2D eigenvalue weighted by atomic mass is 35.5. The largest absolute Gasteiger partial charge is 0.397 e. The van der Waals surface area contributed by atoms with E-state index in [0.717, 1.165) is 0 Å². The molecule has 0 atom stereocenters. The van der Waals surface area contributed by atoms with Crippen LogP contribution in [0.25, 0.3) is 0 Å². The fourth-order valence-corrected chi connectivity index (χ4v) is 3.03. The number of primary sulfonamides is 1. The van der Waals surface area contributed by atoms with Crippen LogP contribution in [0.5, 0.6) is 0 Å². The summed E-state index contributed by atoms with van der Waals surface area (Å²) < 4.78 is 47.3. The highest BCUT2D eigenvalue weighted by Crippen LogP contribution is 2.21. The Kier molecular flexibility index (Phi) is 5.16. The van der Waals surface area contributed by atoms with Gasteiger partial charge in [-0.25, -0.2) is 26.7 Å². The van der Waals surface area contributed by atoms with Gasteiger partial charge in [-0.1, -0.05) is 11.6 Å². The molecule has 1 aromatic carbocycles. The van der Waals surface area contributed by atoms with Gasteiger partial charge >= 0.3 is 0 Å². The Morgan fingerprint density at radius 3 is 2.37 bits per heavy atom. The number of sulfonamides is 2. The molecule has 0 fully saturated rings. The SMILES string of the molecule is Nc1cc(S(=O)(=O)NCCCS(N)(=O)=O)ccc1Cl. The van der Waals surface area contributed by atoms with Gasteiger partial charge in [0.2, 0.25) is 20.0 Å². The summed E-state index contributed by atoms with van der Waals surface area (Å²) in [6.07, 6.45) is 0.0845. The number of hydrogen-bond acceptors (Lipinski definition) is 5. The molecule has 0 aromatic heterocycles. The summed E-state index contributed by atoms with van der Waals surface area (Å²) in [5, 5.41) is 5.05. The van der Waals surface area contributed by atoms with Crippen molar-refractivity contribution in [3.63, 3.8) is 0 Å². The molecule has 0 aliphatic rings. The Bertz CT molecular complexity index is 658. The lowest BCUT2D eigenvalue weighted by Gasteiger charge is -2.07. The Labute approximate surface area is 117 Å². The zero-order valence-electron chi connectivity index (χ0n) is 9.84. The minimum absolute atomic E-state index is 0.0370. The summed E-state index contributed by atoms with van der Waals surface area (Å²) >= 11 is 5.69. The van der Waals surface area contributed by atoms with Gasteiger partial charge in [-0.15, -0.1) is 0 Å². The van der Waals surface area contributed by atoms with E-state index in [1.165, 1.54) is 18.2 Å². The number of nitrogens with two attached hydrogens (primary N) is 2. The van der Waals surface area contributed by atoms with E-state index in [2.05, 4.69) is 4.72 Å². The van der Waals surface area contributed by atoms with Crippen LogP contribution in [-0.4, -0.2) is 29.1 Å². The molecule has 10 heteroatoms. The minimum Gasteiger partial charge on any atom is -0.397 e. The van der Waals surface area contributed by atoms with Crippen molar-refractivity contribution in [2.24, 2.45) is 5.14 Å². The van der Waals surface area contributed by atoms with Gasteiger partial charge in [-0.2, -0.15) is 0 Å².